The molecule has 1 aromatic carbocycles. The third-order valence-corrected chi connectivity index (χ3v) is 6.44. The van der Waals surface area contributed by atoms with Gasteiger partial charge in [-0.25, -0.2) is 18.3 Å². The Bertz CT molecular complexity index is 1180. The topological polar surface area (TPSA) is 79.8 Å². The molecule has 168 valence electrons. The fourth-order valence-electron chi connectivity index (χ4n) is 4.79. The number of likely N-dealkylation sites (tertiary alicyclic amines) is 1. The summed E-state index contributed by atoms with van der Waals surface area (Å²) < 4.78 is 29.7. The number of rotatable bonds is 3. The van der Waals surface area contributed by atoms with Crippen molar-refractivity contribution in [1.29, 1.82) is 0 Å². The average molecular weight is 440 g/mol. The standard InChI is InChI=1S/C23H26F2N6O/c1-14-12-31-20(27-22(14)29-10-8-15(26)13-29)11-18(28-31)19-7-2-3-9-30(19)23(32)16-5-4-6-17(24)21(16)25/h4-6,11-12,15,19H,2-3,7-10,13,26H2,1H3/t15-,19-/m0/s1. The van der Waals surface area contributed by atoms with Crippen LogP contribution < -0.4 is 10.6 Å². The maximum Gasteiger partial charge on any atom is 0.257 e. The number of hydrogen-bond acceptors (Lipinski definition) is 5. The fourth-order valence-corrected chi connectivity index (χ4v) is 4.79. The largest absolute Gasteiger partial charge is 0.355 e. The van der Waals surface area contributed by atoms with Gasteiger partial charge in [-0.1, -0.05) is 6.07 Å². The number of nitrogens with zero attached hydrogens (tertiary/aromatic N) is 5. The van der Waals surface area contributed by atoms with E-state index in [1.165, 1.54) is 12.1 Å². The van der Waals surface area contributed by atoms with Crippen LogP contribution in [0.1, 0.15) is 53.3 Å². The summed E-state index contributed by atoms with van der Waals surface area (Å²) in [6.45, 7) is 4.11. The number of nitrogens with two attached hydrogens (primary N) is 1. The molecular formula is C23H26F2N6O. The van der Waals surface area contributed by atoms with Crippen LogP contribution >= 0.6 is 0 Å². The van der Waals surface area contributed by atoms with Crippen LogP contribution in [0.2, 0.25) is 0 Å². The lowest BCUT2D eigenvalue weighted by molar-refractivity contribution is 0.0599. The molecular weight excluding hydrogens is 414 g/mol. The van der Waals surface area contributed by atoms with E-state index in [0.29, 0.717) is 24.3 Å². The number of aromatic nitrogens is 3. The van der Waals surface area contributed by atoms with Gasteiger partial charge >= 0.3 is 0 Å². The first-order valence-electron chi connectivity index (χ1n) is 11.0. The minimum Gasteiger partial charge on any atom is -0.355 e. The molecule has 2 atom stereocenters. The number of anilines is 1. The van der Waals surface area contributed by atoms with Crippen molar-refractivity contribution < 1.29 is 13.6 Å². The molecule has 2 aromatic heterocycles. The van der Waals surface area contributed by atoms with Gasteiger partial charge in [-0.2, -0.15) is 5.10 Å². The maximum absolute atomic E-state index is 14.3. The van der Waals surface area contributed by atoms with Gasteiger partial charge in [0.1, 0.15) is 5.82 Å². The molecule has 1 amide bonds. The number of piperidine rings is 1. The van der Waals surface area contributed by atoms with E-state index in [-0.39, 0.29) is 17.6 Å². The van der Waals surface area contributed by atoms with Crippen LogP contribution in [0.25, 0.3) is 5.65 Å². The van der Waals surface area contributed by atoms with Gasteiger partial charge < -0.3 is 15.5 Å². The van der Waals surface area contributed by atoms with Crippen molar-refractivity contribution in [2.45, 2.75) is 44.7 Å². The lowest BCUT2D eigenvalue weighted by Crippen LogP contribution is -2.39. The van der Waals surface area contributed by atoms with Crippen molar-refractivity contribution in [2.75, 3.05) is 24.5 Å². The summed E-state index contributed by atoms with van der Waals surface area (Å²) in [6.07, 6.45) is 5.32. The number of carbonyl (C=O) groups is 1. The van der Waals surface area contributed by atoms with Gasteiger partial charge in [0.15, 0.2) is 17.3 Å². The number of fused-ring (bicyclic) bond motifs is 1. The van der Waals surface area contributed by atoms with E-state index in [1.54, 1.807) is 9.42 Å². The highest BCUT2D eigenvalue weighted by Gasteiger charge is 2.32. The molecule has 9 heteroatoms. The lowest BCUT2D eigenvalue weighted by Gasteiger charge is -2.34. The molecule has 2 aliphatic rings. The van der Waals surface area contributed by atoms with Crippen LogP contribution in [-0.2, 0) is 0 Å². The second-order valence-electron chi connectivity index (χ2n) is 8.73. The van der Waals surface area contributed by atoms with Crippen molar-refractivity contribution in [2.24, 2.45) is 5.73 Å². The predicted octanol–water partition coefficient (Wildman–Crippen LogP) is 3.22. The quantitative estimate of drug-likeness (QED) is 0.677. The van der Waals surface area contributed by atoms with Gasteiger partial charge in [0.2, 0.25) is 0 Å². The van der Waals surface area contributed by atoms with Gasteiger partial charge in [0.25, 0.3) is 5.91 Å². The molecule has 2 N–H and O–H groups in total. The predicted molar refractivity (Wildman–Crippen MR) is 117 cm³/mol. The molecule has 0 saturated carbocycles. The fraction of sp³-hybridized carbons (Fsp3) is 0.435. The van der Waals surface area contributed by atoms with E-state index >= 15 is 0 Å². The second-order valence-corrected chi connectivity index (χ2v) is 8.73. The van der Waals surface area contributed by atoms with Crippen LogP contribution in [0.15, 0.2) is 30.5 Å². The minimum atomic E-state index is -1.11. The Morgan fingerprint density at radius 3 is 2.81 bits per heavy atom. The Labute approximate surface area is 184 Å². The molecule has 2 fully saturated rings. The molecule has 2 aliphatic heterocycles. The maximum atomic E-state index is 14.3. The Kier molecular flexibility index (Phi) is 5.28. The average Bonchev–Trinajstić information content (AvgIpc) is 3.40. The first-order valence-corrected chi connectivity index (χ1v) is 11.0. The Balaban J connectivity index is 1.48. The highest BCUT2D eigenvalue weighted by molar-refractivity contribution is 5.94. The Morgan fingerprint density at radius 2 is 2.03 bits per heavy atom. The van der Waals surface area contributed by atoms with Gasteiger partial charge in [-0.15, -0.1) is 0 Å². The van der Waals surface area contributed by atoms with E-state index < -0.39 is 17.5 Å². The van der Waals surface area contributed by atoms with Gasteiger partial charge in [-0.05, 0) is 44.7 Å². The van der Waals surface area contributed by atoms with Gasteiger partial charge in [0, 0.05) is 43.5 Å². The van der Waals surface area contributed by atoms with Crippen LogP contribution in [-0.4, -0.2) is 51.1 Å². The van der Waals surface area contributed by atoms with E-state index in [9.17, 15) is 13.6 Å². The first kappa shape index (κ1) is 20.8. The van der Waals surface area contributed by atoms with Crippen LogP contribution in [0.3, 0.4) is 0 Å². The molecule has 0 radical (unpaired) electrons. The number of amides is 1. The summed E-state index contributed by atoms with van der Waals surface area (Å²) in [7, 11) is 0. The van der Waals surface area contributed by atoms with Crippen molar-refractivity contribution in [3.8, 4) is 0 Å². The number of halogens is 2. The molecule has 0 bridgehead atoms. The zero-order valence-electron chi connectivity index (χ0n) is 18.0. The summed E-state index contributed by atoms with van der Waals surface area (Å²) in [6, 6.07) is 5.42. The highest BCUT2D eigenvalue weighted by Crippen LogP contribution is 2.33. The van der Waals surface area contributed by atoms with E-state index in [0.717, 1.165) is 49.8 Å². The molecule has 4 heterocycles. The van der Waals surface area contributed by atoms with E-state index in [4.69, 9.17) is 15.8 Å². The normalized spacial score (nSPS) is 21.5. The number of benzene rings is 1. The molecule has 32 heavy (non-hydrogen) atoms. The smallest absolute Gasteiger partial charge is 0.257 e. The lowest BCUT2D eigenvalue weighted by atomic mass is 9.98. The first-order chi connectivity index (χ1) is 15.4. The summed E-state index contributed by atoms with van der Waals surface area (Å²) >= 11 is 0. The Morgan fingerprint density at radius 1 is 1.19 bits per heavy atom. The summed E-state index contributed by atoms with van der Waals surface area (Å²) in [5.74, 6) is -1.75. The van der Waals surface area contributed by atoms with Gasteiger partial charge in [0.05, 0.1) is 17.3 Å². The third kappa shape index (κ3) is 3.60. The van der Waals surface area contributed by atoms with Crippen LogP contribution in [0.5, 0.6) is 0 Å². The number of hydrogen-bond donors (Lipinski definition) is 1. The van der Waals surface area contributed by atoms with Crippen molar-refractivity contribution in [3.05, 3.63) is 58.9 Å². The summed E-state index contributed by atoms with van der Waals surface area (Å²) in [4.78, 5) is 21.8. The second kappa shape index (κ2) is 8.12. The summed E-state index contributed by atoms with van der Waals surface area (Å²) in [5, 5.41) is 4.70. The molecule has 0 spiro atoms. The highest BCUT2D eigenvalue weighted by atomic mass is 19.2. The molecule has 7 nitrogen and oxygen atoms in total. The van der Waals surface area contributed by atoms with E-state index in [1.807, 2.05) is 19.2 Å². The molecule has 2 saturated heterocycles. The minimum absolute atomic E-state index is 0.151. The molecule has 5 rings (SSSR count). The number of carbonyl (C=O) groups excluding carboxylic acids is 1. The van der Waals surface area contributed by atoms with E-state index in [2.05, 4.69) is 4.90 Å². The van der Waals surface area contributed by atoms with Crippen molar-refractivity contribution >= 4 is 17.4 Å². The van der Waals surface area contributed by atoms with Crippen molar-refractivity contribution in [1.82, 2.24) is 19.5 Å². The van der Waals surface area contributed by atoms with Crippen molar-refractivity contribution in [3.63, 3.8) is 0 Å². The third-order valence-electron chi connectivity index (χ3n) is 6.44. The summed E-state index contributed by atoms with van der Waals surface area (Å²) in [5.41, 5.74) is 8.21. The van der Waals surface area contributed by atoms with Crippen LogP contribution in [0.4, 0.5) is 14.6 Å². The monoisotopic (exact) mass is 440 g/mol. The zero-order chi connectivity index (χ0) is 22.4. The SMILES string of the molecule is Cc1cn2nc([C@@H]3CCCCN3C(=O)c3cccc(F)c3F)cc2nc1N1CC[C@H](N)C1. The number of aryl methyl sites for hydroxylation is 1. The molecule has 3 aromatic rings. The van der Waals surface area contributed by atoms with Gasteiger partial charge in [-0.3, -0.25) is 4.79 Å². The Hall–Kier alpha value is -3.07. The van der Waals surface area contributed by atoms with Crippen LogP contribution in [0, 0.1) is 18.6 Å². The molecule has 0 unspecified atom stereocenters. The zero-order valence-corrected chi connectivity index (χ0v) is 18.0. The molecule has 0 aliphatic carbocycles.